The van der Waals surface area contributed by atoms with Crippen molar-refractivity contribution in [2.75, 3.05) is 6.54 Å². The number of nitrogens with zero attached hydrogens (tertiary/aromatic N) is 1. The van der Waals surface area contributed by atoms with E-state index in [4.69, 9.17) is 0 Å². The van der Waals surface area contributed by atoms with Crippen LogP contribution >= 0.6 is 24.8 Å². The molecule has 13 heavy (non-hydrogen) atoms. The van der Waals surface area contributed by atoms with Crippen molar-refractivity contribution in [3.63, 3.8) is 0 Å². The lowest BCUT2D eigenvalue weighted by molar-refractivity contribution is 0.629. The van der Waals surface area contributed by atoms with Gasteiger partial charge in [0.1, 0.15) is 0 Å². The van der Waals surface area contributed by atoms with E-state index in [0.29, 0.717) is 0 Å². The maximum Gasteiger partial charge on any atom is 0.0461 e. The molecule has 1 aliphatic rings. The number of aryl methyl sites for hydroxylation is 1. The van der Waals surface area contributed by atoms with Crippen molar-refractivity contribution in [1.29, 1.82) is 0 Å². The second-order valence-electron chi connectivity index (χ2n) is 3.05. The molecule has 0 radical (unpaired) electrons. The van der Waals surface area contributed by atoms with Gasteiger partial charge >= 0.3 is 0 Å². The summed E-state index contributed by atoms with van der Waals surface area (Å²) in [6.45, 7) is 4.15. The molecular formula is C9H14Cl2N2. The summed E-state index contributed by atoms with van der Waals surface area (Å²) in [6, 6.07) is 2.22. The summed E-state index contributed by atoms with van der Waals surface area (Å²) in [4.78, 5) is 4.38. The minimum absolute atomic E-state index is 0. The third-order valence-electron chi connectivity index (χ3n) is 2.05. The van der Waals surface area contributed by atoms with Crippen molar-refractivity contribution in [2.24, 2.45) is 0 Å². The van der Waals surface area contributed by atoms with Crippen LogP contribution in [-0.4, -0.2) is 11.5 Å². The maximum atomic E-state index is 4.38. The second-order valence-corrected chi connectivity index (χ2v) is 3.05. The first kappa shape index (κ1) is 12.7. The minimum atomic E-state index is 0. The van der Waals surface area contributed by atoms with Gasteiger partial charge in [-0.1, -0.05) is 6.07 Å². The molecule has 0 saturated carbocycles. The van der Waals surface area contributed by atoms with Crippen LogP contribution in [0.1, 0.15) is 16.8 Å². The predicted molar refractivity (Wildman–Crippen MR) is 58.9 cm³/mol. The molecule has 1 aliphatic heterocycles. The number of rotatable bonds is 0. The molecule has 0 spiro atoms. The molecule has 74 valence electrons. The Morgan fingerprint density at radius 3 is 2.92 bits per heavy atom. The van der Waals surface area contributed by atoms with Crippen LogP contribution in [0.25, 0.3) is 0 Å². The molecule has 1 N–H and O–H groups in total. The number of halogens is 2. The topological polar surface area (TPSA) is 24.9 Å². The van der Waals surface area contributed by atoms with Gasteiger partial charge in [0.25, 0.3) is 0 Å². The average molecular weight is 221 g/mol. The van der Waals surface area contributed by atoms with E-state index in [1.807, 2.05) is 6.20 Å². The van der Waals surface area contributed by atoms with Crippen LogP contribution < -0.4 is 5.32 Å². The van der Waals surface area contributed by atoms with E-state index in [1.54, 1.807) is 0 Å². The highest BCUT2D eigenvalue weighted by molar-refractivity contribution is 5.85. The third kappa shape index (κ3) is 2.83. The van der Waals surface area contributed by atoms with E-state index in [-0.39, 0.29) is 24.8 Å². The van der Waals surface area contributed by atoms with Crippen LogP contribution in [0, 0.1) is 6.92 Å². The van der Waals surface area contributed by atoms with Crippen LogP contribution in [0.5, 0.6) is 0 Å². The largest absolute Gasteiger partial charge is 0.312 e. The number of aromatic nitrogens is 1. The van der Waals surface area contributed by atoms with E-state index in [9.17, 15) is 0 Å². The summed E-state index contributed by atoms with van der Waals surface area (Å²) >= 11 is 0. The Balaban J connectivity index is 0.000000720. The van der Waals surface area contributed by atoms with Crippen molar-refractivity contribution in [3.05, 3.63) is 29.1 Å². The van der Waals surface area contributed by atoms with Gasteiger partial charge in [-0.3, -0.25) is 4.98 Å². The van der Waals surface area contributed by atoms with Crippen LogP contribution in [0.4, 0.5) is 0 Å². The quantitative estimate of drug-likeness (QED) is 0.723. The molecule has 0 bridgehead atoms. The van der Waals surface area contributed by atoms with E-state index < -0.39 is 0 Å². The zero-order chi connectivity index (χ0) is 7.68. The second kappa shape index (κ2) is 5.43. The fraction of sp³-hybridized carbons (Fsp3) is 0.444. The lowest BCUT2D eigenvalue weighted by Gasteiger charge is -2.15. The smallest absolute Gasteiger partial charge is 0.0461 e. The highest BCUT2D eigenvalue weighted by Crippen LogP contribution is 2.11. The van der Waals surface area contributed by atoms with Gasteiger partial charge in [-0.2, -0.15) is 0 Å². The van der Waals surface area contributed by atoms with Crippen molar-refractivity contribution < 1.29 is 0 Å². The molecule has 0 aromatic carbocycles. The molecule has 0 aliphatic carbocycles. The summed E-state index contributed by atoms with van der Waals surface area (Å²) in [7, 11) is 0. The van der Waals surface area contributed by atoms with Gasteiger partial charge in [0.05, 0.1) is 0 Å². The molecule has 0 unspecified atom stereocenters. The Hall–Kier alpha value is -0.310. The number of hydrogen-bond acceptors (Lipinski definition) is 2. The van der Waals surface area contributed by atoms with Crippen molar-refractivity contribution in [1.82, 2.24) is 10.3 Å². The summed E-state index contributed by atoms with van der Waals surface area (Å²) in [6.07, 6.45) is 3.03. The Morgan fingerprint density at radius 1 is 1.38 bits per heavy atom. The first-order valence-corrected chi connectivity index (χ1v) is 4.01. The number of pyridine rings is 1. The van der Waals surface area contributed by atoms with Crippen molar-refractivity contribution in [3.8, 4) is 0 Å². The number of nitrogens with one attached hydrogen (secondary N) is 1. The molecule has 4 heteroatoms. The molecule has 2 nitrogen and oxygen atoms in total. The van der Waals surface area contributed by atoms with Crippen molar-refractivity contribution >= 4 is 24.8 Å². The highest BCUT2D eigenvalue weighted by atomic mass is 35.5. The molecule has 2 rings (SSSR count). The van der Waals surface area contributed by atoms with Crippen LogP contribution in [0.15, 0.2) is 12.3 Å². The van der Waals surface area contributed by atoms with E-state index in [1.165, 1.54) is 16.8 Å². The Morgan fingerprint density at radius 2 is 2.15 bits per heavy atom. The van der Waals surface area contributed by atoms with E-state index >= 15 is 0 Å². The molecule has 1 aromatic heterocycles. The highest BCUT2D eigenvalue weighted by Gasteiger charge is 2.08. The Kier molecular flexibility index (Phi) is 5.30. The van der Waals surface area contributed by atoms with Gasteiger partial charge in [-0.15, -0.1) is 24.8 Å². The van der Waals surface area contributed by atoms with Crippen LogP contribution in [-0.2, 0) is 13.0 Å². The van der Waals surface area contributed by atoms with Gasteiger partial charge in [-0.05, 0) is 18.1 Å². The molecule has 1 aromatic rings. The van der Waals surface area contributed by atoms with Gasteiger partial charge in [0.2, 0.25) is 0 Å². The zero-order valence-electron chi connectivity index (χ0n) is 7.54. The zero-order valence-corrected chi connectivity index (χ0v) is 9.17. The molecule has 0 amide bonds. The van der Waals surface area contributed by atoms with Crippen molar-refractivity contribution in [2.45, 2.75) is 19.9 Å². The van der Waals surface area contributed by atoms with E-state index in [2.05, 4.69) is 23.3 Å². The minimum Gasteiger partial charge on any atom is -0.312 e. The van der Waals surface area contributed by atoms with Gasteiger partial charge in [0.15, 0.2) is 0 Å². The molecular weight excluding hydrogens is 207 g/mol. The summed E-state index contributed by atoms with van der Waals surface area (Å²) < 4.78 is 0. The lowest BCUT2D eigenvalue weighted by atomic mass is 10.1. The molecule has 0 atom stereocenters. The molecule has 0 fully saturated rings. The Labute approximate surface area is 91.0 Å². The van der Waals surface area contributed by atoms with Crippen LogP contribution in [0.2, 0.25) is 0 Å². The average Bonchev–Trinajstić information content (AvgIpc) is 2.04. The fourth-order valence-electron chi connectivity index (χ4n) is 1.47. The van der Waals surface area contributed by atoms with E-state index in [0.717, 1.165) is 19.5 Å². The predicted octanol–water partition coefficient (Wildman–Crippen LogP) is 1.88. The van der Waals surface area contributed by atoms with Gasteiger partial charge < -0.3 is 5.32 Å². The van der Waals surface area contributed by atoms with Gasteiger partial charge in [0, 0.05) is 31.4 Å². The summed E-state index contributed by atoms with van der Waals surface area (Å²) in [5.41, 5.74) is 3.90. The standard InChI is InChI=1S/C9H12N2.2ClH/c1-7-4-8-6-10-3-2-9(8)11-5-7;;/h4-5,10H,2-3,6H2,1H3;2*1H. The monoisotopic (exact) mass is 220 g/mol. The SMILES string of the molecule is Cc1cnc2c(c1)CNCC2.Cl.Cl. The summed E-state index contributed by atoms with van der Waals surface area (Å²) in [5, 5.41) is 3.33. The van der Waals surface area contributed by atoms with Gasteiger partial charge in [-0.25, -0.2) is 0 Å². The fourth-order valence-corrected chi connectivity index (χ4v) is 1.47. The Bertz CT molecular complexity index is 276. The maximum absolute atomic E-state index is 4.38. The first-order chi connectivity index (χ1) is 5.36. The lowest BCUT2D eigenvalue weighted by Crippen LogP contribution is -2.24. The molecule has 0 saturated heterocycles. The van der Waals surface area contributed by atoms with Crippen LogP contribution in [0.3, 0.4) is 0 Å². The molecule has 2 heterocycles. The summed E-state index contributed by atoms with van der Waals surface area (Å²) in [5.74, 6) is 0. The third-order valence-corrected chi connectivity index (χ3v) is 2.05. The normalized spacial score (nSPS) is 13.6. The first-order valence-electron chi connectivity index (χ1n) is 4.01. The number of fused-ring (bicyclic) bond motifs is 1. The number of hydrogen-bond donors (Lipinski definition) is 1.